The number of aliphatic carboxylic acids is 1. The molecule has 5 heteroatoms. The first-order valence-electron chi connectivity index (χ1n) is 5.34. The molecule has 0 aromatic heterocycles. The van der Waals surface area contributed by atoms with Crippen LogP contribution in [0.3, 0.4) is 0 Å². The van der Waals surface area contributed by atoms with Gasteiger partial charge in [0.25, 0.3) is 0 Å². The molecule has 1 unspecified atom stereocenters. The van der Waals surface area contributed by atoms with E-state index in [0.29, 0.717) is 23.9 Å². The Morgan fingerprint density at radius 2 is 2.29 bits per heavy atom. The van der Waals surface area contributed by atoms with E-state index in [1.165, 1.54) is 0 Å². The maximum absolute atomic E-state index is 10.5. The van der Waals surface area contributed by atoms with Gasteiger partial charge in [-0.3, -0.25) is 4.79 Å². The second-order valence-electron chi connectivity index (χ2n) is 3.81. The Bertz CT molecular complexity index is 459. The molecule has 1 atom stereocenters. The quantitative estimate of drug-likeness (QED) is 0.896. The Balaban J connectivity index is 2.06. The number of carbonyl (C=O) groups is 1. The van der Waals surface area contributed by atoms with Crippen molar-refractivity contribution >= 4 is 23.5 Å². The largest absolute Gasteiger partial charge is 0.481 e. The first kappa shape index (κ1) is 11.9. The van der Waals surface area contributed by atoms with Gasteiger partial charge in [0.05, 0.1) is 16.6 Å². The number of halogens is 1. The molecule has 0 bridgehead atoms. The molecule has 4 nitrogen and oxygen atoms in total. The van der Waals surface area contributed by atoms with Crippen molar-refractivity contribution in [1.82, 2.24) is 0 Å². The minimum Gasteiger partial charge on any atom is -0.481 e. The fraction of sp³-hybridized carbons (Fsp3) is 0.333. The van der Waals surface area contributed by atoms with Crippen LogP contribution in [0.25, 0.3) is 0 Å². The van der Waals surface area contributed by atoms with Gasteiger partial charge in [-0.15, -0.1) is 0 Å². The molecule has 0 spiro atoms. The Morgan fingerprint density at radius 1 is 1.53 bits per heavy atom. The molecule has 2 rings (SSSR count). The predicted molar refractivity (Wildman–Crippen MR) is 64.6 cm³/mol. The second-order valence-corrected chi connectivity index (χ2v) is 4.22. The lowest BCUT2D eigenvalue weighted by Gasteiger charge is -2.02. The summed E-state index contributed by atoms with van der Waals surface area (Å²) in [4.78, 5) is 14.8. The van der Waals surface area contributed by atoms with Crippen molar-refractivity contribution in [2.45, 2.75) is 18.9 Å². The Morgan fingerprint density at radius 3 is 3.00 bits per heavy atom. The molecule has 90 valence electrons. The van der Waals surface area contributed by atoms with Crippen LogP contribution in [0.2, 0.25) is 5.02 Å². The van der Waals surface area contributed by atoms with Crippen molar-refractivity contribution in [3.05, 3.63) is 34.9 Å². The van der Waals surface area contributed by atoms with Crippen LogP contribution in [0.1, 0.15) is 18.4 Å². The summed E-state index contributed by atoms with van der Waals surface area (Å²) in [5, 5.41) is 9.18. The van der Waals surface area contributed by atoms with Crippen LogP contribution in [0.4, 0.5) is 0 Å². The van der Waals surface area contributed by atoms with E-state index in [1.807, 2.05) is 18.2 Å². The van der Waals surface area contributed by atoms with Gasteiger partial charge >= 0.3 is 5.97 Å². The molecule has 1 aromatic rings. The SMILES string of the molecule is O=C(O)CCC1COC(c2ccccc2Cl)=N1. The van der Waals surface area contributed by atoms with Gasteiger partial charge in [-0.25, -0.2) is 4.99 Å². The van der Waals surface area contributed by atoms with E-state index in [2.05, 4.69) is 4.99 Å². The van der Waals surface area contributed by atoms with E-state index in [4.69, 9.17) is 21.4 Å². The lowest BCUT2D eigenvalue weighted by molar-refractivity contribution is -0.137. The fourth-order valence-corrected chi connectivity index (χ4v) is 1.85. The van der Waals surface area contributed by atoms with E-state index in [0.717, 1.165) is 5.56 Å². The maximum atomic E-state index is 10.5. The van der Waals surface area contributed by atoms with Gasteiger partial charge in [0.15, 0.2) is 0 Å². The molecule has 0 saturated carbocycles. The first-order chi connectivity index (χ1) is 8.16. The van der Waals surface area contributed by atoms with Crippen LogP contribution in [0.5, 0.6) is 0 Å². The highest BCUT2D eigenvalue weighted by Crippen LogP contribution is 2.21. The molecule has 1 aromatic carbocycles. The lowest BCUT2D eigenvalue weighted by Crippen LogP contribution is -2.08. The second kappa shape index (κ2) is 5.19. The number of aliphatic imine (C=N–C) groups is 1. The molecule has 0 amide bonds. The van der Waals surface area contributed by atoms with Crippen LogP contribution in [0.15, 0.2) is 29.3 Å². The summed E-state index contributed by atoms with van der Waals surface area (Å²) in [6, 6.07) is 7.21. The van der Waals surface area contributed by atoms with Crippen molar-refractivity contribution in [2.75, 3.05) is 6.61 Å². The molecule has 17 heavy (non-hydrogen) atoms. The van der Waals surface area contributed by atoms with Crippen molar-refractivity contribution in [2.24, 2.45) is 4.99 Å². The van der Waals surface area contributed by atoms with Crippen molar-refractivity contribution in [3.63, 3.8) is 0 Å². The topological polar surface area (TPSA) is 58.9 Å². The monoisotopic (exact) mass is 253 g/mol. The lowest BCUT2D eigenvalue weighted by atomic mass is 10.2. The third-order valence-corrected chi connectivity index (χ3v) is 2.84. The number of carboxylic acid groups (broad SMARTS) is 1. The normalized spacial score (nSPS) is 18.6. The minimum absolute atomic E-state index is 0.0858. The van der Waals surface area contributed by atoms with Crippen molar-refractivity contribution in [1.29, 1.82) is 0 Å². The molecule has 1 N–H and O–H groups in total. The highest BCUT2D eigenvalue weighted by Gasteiger charge is 2.21. The fourth-order valence-electron chi connectivity index (χ4n) is 1.64. The van der Waals surface area contributed by atoms with Gasteiger partial charge < -0.3 is 9.84 Å². The van der Waals surface area contributed by atoms with E-state index in [-0.39, 0.29) is 12.5 Å². The maximum Gasteiger partial charge on any atom is 0.303 e. The Hall–Kier alpha value is -1.55. The molecule has 1 aliphatic rings. The molecule has 1 heterocycles. The standard InChI is InChI=1S/C12H12ClNO3/c13-10-4-2-1-3-9(10)12-14-8(7-17-12)5-6-11(15)16/h1-4,8H,5-7H2,(H,15,16). The van der Waals surface area contributed by atoms with Gasteiger partial charge in [0, 0.05) is 6.42 Å². The van der Waals surface area contributed by atoms with Gasteiger partial charge in [0.2, 0.25) is 5.90 Å². The number of carboxylic acids is 1. The molecular formula is C12H12ClNO3. The summed E-state index contributed by atoms with van der Waals surface area (Å²) in [6.45, 7) is 0.424. The molecule has 0 aliphatic carbocycles. The zero-order valence-corrected chi connectivity index (χ0v) is 9.85. The van der Waals surface area contributed by atoms with Crippen molar-refractivity contribution < 1.29 is 14.6 Å². The summed E-state index contributed by atoms with van der Waals surface area (Å²) < 4.78 is 5.44. The smallest absolute Gasteiger partial charge is 0.303 e. The Labute approximate surface area is 104 Å². The van der Waals surface area contributed by atoms with Crippen LogP contribution in [-0.4, -0.2) is 29.6 Å². The molecule has 0 saturated heterocycles. The molecular weight excluding hydrogens is 242 g/mol. The number of benzene rings is 1. The summed E-state index contributed by atoms with van der Waals surface area (Å²) in [7, 11) is 0. The van der Waals surface area contributed by atoms with E-state index >= 15 is 0 Å². The van der Waals surface area contributed by atoms with E-state index in [1.54, 1.807) is 6.07 Å². The highest BCUT2D eigenvalue weighted by atomic mass is 35.5. The zero-order chi connectivity index (χ0) is 12.3. The predicted octanol–water partition coefficient (Wildman–Crippen LogP) is 2.35. The van der Waals surface area contributed by atoms with Gasteiger partial charge in [-0.05, 0) is 18.6 Å². The average Bonchev–Trinajstić information content (AvgIpc) is 2.75. The third-order valence-electron chi connectivity index (χ3n) is 2.51. The van der Waals surface area contributed by atoms with Gasteiger partial charge in [0.1, 0.15) is 6.61 Å². The number of ether oxygens (including phenoxy) is 1. The number of hydrogen-bond donors (Lipinski definition) is 1. The van der Waals surface area contributed by atoms with Crippen LogP contribution in [-0.2, 0) is 9.53 Å². The Kier molecular flexibility index (Phi) is 3.64. The summed E-state index contributed by atoms with van der Waals surface area (Å²) in [6.07, 6.45) is 0.594. The molecule has 1 aliphatic heterocycles. The summed E-state index contributed by atoms with van der Waals surface area (Å²) in [5.41, 5.74) is 0.756. The van der Waals surface area contributed by atoms with Crippen LogP contribution >= 0.6 is 11.6 Å². The van der Waals surface area contributed by atoms with Crippen LogP contribution in [0, 0.1) is 0 Å². The third kappa shape index (κ3) is 2.97. The molecule has 0 radical (unpaired) electrons. The minimum atomic E-state index is -0.814. The number of hydrogen-bond acceptors (Lipinski definition) is 3. The van der Waals surface area contributed by atoms with Gasteiger partial charge in [-0.1, -0.05) is 23.7 Å². The molecule has 0 fully saturated rings. The zero-order valence-electron chi connectivity index (χ0n) is 9.10. The summed E-state index contributed by atoms with van der Waals surface area (Å²) >= 11 is 6.02. The van der Waals surface area contributed by atoms with E-state index < -0.39 is 5.97 Å². The van der Waals surface area contributed by atoms with Crippen molar-refractivity contribution in [3.8, 4) is 0 Å². The summed E-state index contributed by atoms with van der Waals surface area (Å²) in [5.74, 6) is -0.308. The average molecular weight is 254 g/mol. The highest BCUT2D eigenvalue weighted by molar-refractivity contribution is 6.33. The van der Waals surface area contributed by atoms with E-state index in [9.17, 15) is 4.79 Å². The van der Waals surface area contributed by atoms with Gasteiger partial charge in [-0.2, -0.15) is 0 Å². The number of rotatable bonds is 4. The number of nitrogens with zero attached hydrogens (tertiary/aromatic N) is 1. The van der Waals surface area contributed by atoms with Crippen LogP contribution < -0.4 is 0 Å². The first-order valence-corrected chi connectivity index (χ1v) is 5.72.